The molecule has 0 radical (unpaired) electrons. The lowest BCUT2D eigenvalue weighted by atomic mass is 10.1. The first-order valence-electron chi connectivity index (χ1n) is 6.14. The van der Waals surface area contributed by atoms with Crippen LogP contribution in [0.4, 0.5) is 0 Å². The fourth-order valence-electron chi connectivity index (χ4n) is 1.68. The highest BCUT2D eigenvalue weighted by Crippen LogP contribution is 2.09. The molecule has 0 bridgehead atoms. The smallest absolute Gasteiger partial charge is 0.328 e. The summed E-state index contributed by atoms with van der Waals surface area (Å²) in [7, 11) is 0. The molecular weight excluding hydrogens is 236 g/mol. The molecule has 6 heteroatoms. The maximum atomic E-state index is 11.8. The molecule has 0 aromatic rings. The summed E-state index contributed by atoms with van der Waals surface area (Å²) in [6, 6.07) is -1.14. The summed E-state index contributed by atoms with van der Waals surface area (Å²) in [5.74, 6) is -0.751. The molecule has 1 amide bonds. The Bertz CT molecular complexity index is 325. The monoisotopic (exact) mass is 258 g/mol. The Morgan fingerprint density at radius 2 is 2.06 bits per heavy atom. The van der Waals surface area contributed by atoms with Crippen LogP contribution in [0, 0.1) is 0 Å². The molecule has 0 aromatic carbocycles. The first-order valence-corrected chi connectivity index (χ1v) is 6.14. The third-order valence-corrected chi connectivity index (χ3v) is 2.54. The fraction of sp³-hybridized carbons (Fsp3) is 0.833. The van der Waals surface area contributed by atoms with Crippen LogP contribution < -0.4 is 10.6 Å². The number of nitrogens with one attached hydrogen (secondary N) is 2. The molecule has 1 saturated heterocycles. The molecular formula is C12H22N2O4. The van der Waals surface area contributed by atoms with Gasteiger partial charge in [-0.2, -0.15) is 0 Å². The molecule has 104 valence electrons. The van der Waals surface area contributed by atoms with Crippen molar-refractivity contribution in [2.24, 2.45) is 0 Å². The molecule has 1 fully saturated rings. The number of amides is 1. The lowest BCUT2D eigenvalue weighted by Gasteiger charge is -2.23. The van der Waals surface area contributed by atoms with Gasteiger partial charge in [-0.05, 0) is 34.1 Å². The van der Waals surface area contributed by atoms with Gasteiger partial charge in [-0.1, -0.05) is 0 Å². The molecule has 1 heterocycles. The van der Waals surface area contributed by atoms with Gasteiger partial charge in [0.15, 0.2) is 0 Å². The summed E-state index contributed by atoms with van der Waals surface area (Å²) in [5.41, 5.74) is -0.572. The first kappa shape index (κ1) is 14.9. The number of esters is 1. The highest BCUT2D eigenvalue weighted by atomic mass is 16.6. The van der Waals surface area contributed by atoms with E-state index in [1.807, 2.05) is 0 Å². The van der Waals surface area contributed by atoms with Gasteiger partial charge in [0.2, 0.25) is 5.91 Å². The van der Waals surface area contributed by atoms with Crippen molar-refractivity contribution in [1.82, 2.24) is 10.6 Å². The van der Waals surface area contributed by atoms with Gasteiger partial charge in [-0.25, -0.2) is 4.79 Å². The average molecular weight is 258 g/mol. The number of rotatable bonds is 3. The number of aliphatic hydroxyl groups excluding tert-OH is 1. The zero-order valence-electron chi connectivity index (χ0n) is 11.3. The fourth-order valence-corrected chi connectivity index (χ4v) is 1.68. The largest absolute Gasteiger partial charge is 0.458 e. The number of carbonyl (C=O) groups is 2. The minimum atomic E-state index is -0.698. The van der Waals surface area contributed by atoms with E-state index < -0.39 is 29.8 Å². The first-order chi connectivity index (χ1) is 8.19. The Kier molecular flexibility index (Phi) is 4.70. The lowest BCUT2D eigenvalue weighted by molar-refractivity contribution is -0.158. The van der Waals surface area contributed by atoms with Gasteiger partial charge in [0.25, 0.3) is 0 Å². The molecule has 6 nitrogen and oxygen atoms in total. The second kappa shape index (κ2) is 5.67. The molecule has 0 aromatic heterocycles. The highest BCUT2D eigenvalue weighted by molar-refractivity contribution is 5.87. The van der Waals surface area contributed by atoms with Crippen LogP contribution in [-0.2, 0) is 14.3 Å². The zero-order chi connectivity index (χ0) is 13.9. The standard InChI is InChI=1S/C12H22N2O4/c1-7(11(17)18-12(2,3)4)14-10(16)9-5-8(15)6-13-9/h7-9,13,15H,5-6H2,1-4H3,(H,14,16)/t7-,8+,9-/m0/s1. The third kappa shape index (κ3) is 4.62. The number of carbonyl (C=O) groups excluding carboxylic acids is 2. The summed E-state index contributed by atoms with van der Waals surface area (Å²) in [6.07, 6.45) is -0.134. The van der Waals surface area contributed by atoms with Gasteiger partial charge in [0, 0.05) is 6.54 Å². The van der Waals surface area contributed by atoms with E-state index in [1.54, 1.807) is 27.7 Å². The van der Waals surface area contributed by atoms with Crippen LogP contribution in [-0.4, -0.2) is 47.3 Å². The predicted molar refractivity (Wildman–Crippen MR) is 65.9 cm³/mol. The zero-order valence-corrected chi connectivity index (χ0v) is 11.3. The van der Waals surface area contributed by atoms with Gasteiger partial charge in [-0.3, -0.25) is 4.79 Å². The topological polar surface area (TPSA) is 87.7 Å². The Labute approximate surface area is 107 Å². The molecule has 18 heavy (non-hydrogen) atoms. The van der Waals surface area contributed by atoms with E-state index in [9.17, 15) is 14.7 Å². The summed E-state index contributed by atoms with van der Waals surface area (Å²) in [5, 5.41) is 14.8. The van der Waals surface area contributed by atoms with E-state index in [0.717, 1.165) is 0 Å². The Morgan fingerprint density at radius 3 is 2.50 bits per heavy atom. The van der Waals surface area contributed by atoms with Gasteiger partial charge in [0.1, 0.15) is 11.6 Å². The number of hydrogen-bond acceptors (Lipinski definition) is 5. The minimum Gasteiger partial charge on any atom is -0.458 e. The van der Waals surface area contributed by atoms with E-state index in [0.29, 0.717) is 13.0 Å². The molecule has 0 aliphatic carbocycles. The van der Waals surface area contributed by atoms with Crippen LogP contribution in [0.15, 0.2) is 0 Å². The number of hydrogen-bond donors (Lipinski definition) is 3. The van der Waals surface area contributed by atoms with Crippen molar-refractivity contribution >= 4 is 11.9 Å². The Hall–Kier alpha value is -1.14. The van der Waals surface area contributed by atoms with E-state index >= 15 is 0 Å². The number of ether oxygens (including phenoxy) is 1. The Balaban J connectivity index is 2.42. The van der Waals surface area contributed by atoms with Gasteiger partial charge in [-0.15, -0.1) is 0 Å². The van der Waals surface area contributed by atoms with Crippen molar-refractivity contribution in [3.05, 3.63) is 0 Å². The summed E-state index contributed by atoms with van der Waals surface area (Å²) >= 11 is 0. The van der Waals surface area contributed by atoms with Gasteiger partial charge < -0.3 is 20.5 Å². The van der Waals surface area contributed by atoms with Crippen molar-refractivity contribution in [2.75, 3.05) is 6.54 Å². The number of β-amino-alcohol motifs (C(OH)–C–C–N with tert-alkyl or cyclic N) is 1. The average Bonchev–Trinajstić information content (AvgIpc) is 2.62. The van der Waals surface area contributed by atoms with Gasteiger partial charge in [0.05, 0.1) is 12.1 Å². The Morgan fingerprint density at radius 1 is 1.44 bits per heavy atom. The molecule has 0 spiro atoms. The van der Waals surface area contributed by atoms with Crippen molar-refractivity contribution in [3.8, 4) is 0 Å². The normalized spacial score (nSPS) is 25.6. The molecule has 3 atom stereocenters. The van der Waals surface area contributed by atoms with Crippen molar-refractivity contribution in [1.29, 1.82) is 0 Å². The van der Waals surface area contributed by atoms with Crippen molar-refractivity contribution < 1.29 is 19.4 Å². The molecule has 0 unspecified atom stereocenters. The van der Waals surface area contributed by atoms with Crippen molar-refractivity contribution in [2.45, 2.75) is 57.9 Å². The van der Waals surface area contributed by atoms with Crippen LogP contribution in [0.25, 0.3) is 0 Å². The third-order valence-electron chi connectivity index (χ3n) is 2.54. The SMILES string of the molecule is C[C@H](NC(=O)[C@@H]1C[C@@H](O)CN1)C(=O)OC(C)(C)C. The maximum absolute atomic E-state index is 11.8. The minimum absolute atomic E-state index is 0.287. The highest BCUT2D eigenvalue weighted by Gasteiger charge is 2.30. The van der Waals surface area contributed by atoms with Gasteiger partial charge >= 0.3 is 5.97 Å². The van der Waals surface area contributed by atoms with E-state index in [4.69, 9.17) is 4.74 Å². The quantitative estimate of drug-likeness (QED) is 0.597. The summed E-state index contributed by atoms with van der Waals surface area (Å²) in [6.45, 7) is 7.30. The van der Waals surface area contributed by atoms with Crippen LogP contribution >= 0.6 is 0 Å². The van der Waals surface area contributed by atoms with Crippen LogP contribution in [0.5, 0.6) is 0 Å². The number of aliphatic hydroxyl groups is 1. The molecule has 1 aliphatic heterocycles. The molecule has 1 aliphatic rings. The molecule has 1 rings (SSSR count). The summed E-state index contributed by atoms with van der Waals surface area (Å²) in [4.78, 5) is 23.4. The van der Waals surface area contributed by atoms with E-state index in [2.05, 4.69) is 10.6 Å². The van der Waals surface area contributed by atoms with Crippen LogP contribution in [0.2, 0.25) is 0 Å². The predicted octanol–water partition coefficient (Wildman–Crippen LogP) is -0.444. The second-order valence-corrected chi connectivity index (χ2v) is 5.61. The second-order valence-electron chi connectivity index (χ2n) is 5.61. The van der Waals surface area contributed by atoms with E-state index in [1.165, 1.54) is 0 Å². The summed E-state index contributed by atoms with van der Waals surface area (Å²) < 4.78 is 5.16. The van der Waals surface area contributed by atoms with Crippen LogP contribution in [0.3, 0.4) is 0 Å². The van der Waals surface area contributed by atoms with Crippen molar-refractivity contribution in [3.63, 3.8) is 0 Å². The molecule has 3 N–H and O–H groups in total. The van der Waals surface area contributed by atoms with Crippen LogP contribution in [0.1, 0.15) is 34.1 Å². The lowest BCUT2D eigenvalue weighted by Crippen LogP contribution is -2.48. The maximum Gasteiger partial charge on any atom is 0.328 e. The molecule has 0 saturated carbocycles. The van der Waals surface area contributed by atoms with E-state index in [-0.39, 0.29) is 5.91 Å².